The average molecular weight is 154 g/mol. The molecule has 0 amide bonds. The summed E-state index contributed by atoms with van der Waals surface area (Å²) in [5.41, 5.74) is 0.302. The number of hydrogen-bond donors (Lipinski definition) is 2. The smallest absolute Gasteiger partial charge is 0.208 e. The van der Waals surface area contributed by atoms with Gasteiger partial charge in [-0.1, -0.05) is 0 Å². The summed E-state index contributed by atoms with van der Waals surface area (Å²) in [6.07, 6.45) is 0.543. The number of ketones is 1. The van der Waals surface area contributed by atoms with E-state index in [1.54, 1.807) is 0 Å². The number of Topliss-reactive ketones (excluding diaryl/α,β-unsaturated/α-hetero) is 1. The van der Waals surface area contributed by atoms with Gasteiger partial charge in [0.15, 0.2) is 6.29 Å². The number of carbonyl (C=O) groups is 2. The predicted octanol–water partition coefficient (Wildman–Crippen LogP) is -0.603. The van der Waals surface area contributed by atoms with E-state index in [-0.39, 0.29) is 11.4 Å². The van der Waals surface area contributed by atoms with Crippen LogP contribution in [0.1, 0.15) is 21.0 Å². The molecule has 0 atom stereocenters. The third-order valence-electron chi connectivity index (χ3n) is 1.15. The van der Waals surface area contributed by atoms with Crippen LogP contribution in [0.2, 0.25) is 0 Å². The molecule has 1 aromatic heterocycles. The molecular weight excluding hydrogens is 148 g/mol. The van der Waals surface area contributed by atoms with Crippen LogP contribution in [0.5, 0.6) is 0 Å². The number of aromatic nitrogens is 2. The Morgan fingerprint density at radius 2 is 2.55 bits per heavy atom. The molecule has 0 spiro atoms. The van der Waals surface area contributed by atoms with Crippen LogP contribution in [0.4, 0.5) is 0 Å². The standard InChI is InChI=1S/C6H6N2O3/c9-2-4-1-5(8-7-4)6(11)3-10/h1-2,10H,3H2,(H,7,8). The first-order valence-electron chi connectivity index (χ1n) is 2.92. The van der Waals surface area contributed by atoms with Gasteiger partial charge < -0.3 is 5.11 Å². The zero-order valence-electron chi connectivity index (χ0n) is 5.57. The quantitative estimate of drug-likeness (QED) is 0.449. The van der Waals surface area contributed by atoms with Crippen LogP contribution in [-0.2, 0) is 0 Å². The Balaban J connectivity index is 2.88. The Morgan fingerprint density at radius 3 is 3.00 bits per heavy atom. The lowest BCUT2D eigenvalue weighted by atomic mass is 10.3. The minimum Gasteiger partial charge on any atom is -0.388 e. The summed E-state index contributed by atoms with van der Waals surface area (Å²) in [4.78, 5) is 20.8. The van der Waals surface area contributed by atoms with E-state index in [9.17, 15) is 9.59 Å². The highest BCUT2D eigenvalue weighted by Crippen LogP contribution is 1.96. The molecule has 2 N–H and O–H groups in total. The van der Waals surface area contributed by atoms with E-state index in [2.05, 4.69) is 10.2 Å². The predicted molar refractivity (Wildman–Crippen MR) is 35.4 cm³/mol. The fourth-order valence-electron chi connectivity index (χ4n) is 0.621. The number of H-pyrrole nitrogens is 1. The number of hydrogen-bond acceptors (Lipinski definition) is 4. The van der Waals surface area contributed by atoms with E-state index in [4.69, 9.17) is 5.11 Å². The molecule has 0 bridgehead atoms. The fraction of sp³-hybridized carbons (Fsp3) is 0.167. The molecule has 0 unspecified atom stereocenters. The second-order valence-electron chi connectivity index (χ2n) is 1.91. The van der Waals surface area contributed by atoms with Gasteiger partial charge in [-0.2, -0.15) is 5.10 Å². The molecule has 5 nitrogen and oxygen atoms in total. The maximum Gasteiger partial charge on any atom is 0.208 e. The lowest BCUT2D eigenvalue weighted by Crippen LogP contribution is -2.04. The third kappa shape index (κ3) is 1.50. The number of carbonyl (C=O) groups excluding carboxylic acids is 2. The molecular formula is C6H6N2O3. The van der Waals surface area contributed by atoms with E-state index in [0.717, 1.165) is 0 Å². The van der Waals surface area contributed by atoms with Crippen LogP contribution in [0.25, 0.3) is 0 Å². The van der Waals surface area contributed by atoms with E-state index in [1.165, 1.54) is 6.07 Å². The molecule has 58 valence electrons. The Kier molecular flexibility index (Phi) is 2.12. The first kappa shape index (κ1) is 7.62. The SMILES string of the molecule is O=Cc1cc(C(=O)CO)n[nH]1. The van der Waals surface area contributed by atoms with Crippen LogP contribution in [0.3, 0.4) is 0 Å². The summed E-state index contributed by atoms with van der Waals surface area (Å²) in [6, 6.07) is 1.28. The van der Waals surface area contributed by atoms with E-state index >= 15 is 0 Å². The Hall–Kier alpha value is -1.49. The number of aliphatic hydroxyl groups excluding tert-OH is 1. The summed E-state index contributed by atoms with van der Waals surface area (Å²) in [6.45, 7) is -0.594. The van der Waals surface area contributed by atoms with Crippen LogP contribution < -0.4 is 0 Å². The number of aromatic amines is 1. The number of aldehydes is 1. The van der Waals surface area contributed by atoms with Crippen molar-refractivity contribution in [2.75, 3.05) is 6.61 Å². The lowest BCUT2D eigenvalue weighted by Gasteiger charge is -1.84. The number of aliphatic hydroxyl groups is 1. The highest BCUT2D eigenvalue weighted by Gasteiger charge is 2.07. The minimum absolute atomic E-state index is 0.0783. The van der Waals surface area contributed by atoms with Crippen LogP contribution in [0.15, 0.2) is 6.07 Å². The molecule has 1 heterocycles. The molecule has 0 aliphatic carbocycles. The van der Waals surface area contributed by atoms with Crippen molar-refractivity contribution in [1.29, 1.82) is 0 Å². The van der Waals surface area contributed by atoms with Crippen LogP contribution >= 0.6 is 0 Å². The number of nitrogens with zero attached hydrogens (tertiary/aromatic N) is 1. The van der Waals surface area contributed by atoms with Gasteiger partial charge >= 0.3 is 0 Å². The van der Waals surface area contributed by atoms with Crippen LogP contribution in [0, 0.1) is 0 Å². The second kappa shape index (κ2) is 3.07. The Morgan fingerprint density at radius 1 is 1.82 bits per heavy atom. The maximum absolute atomic E-state index is 10.7. The molecule has 0 aliphatic rings. The minimum atomic E-state index is -0.594. The molecule has 0 saturated carbocycles. The molecule has 1 rings (SSSR count). The van der Waals surface area contributed by atoms with Crippen LogP contribution in [-0.4, -0.2) is 34.0 Å². The highest BCUT2D eigenvalue weighted by atomic mass is 16.3. The van der Waals surface area contributed by atoms with E-state index in [1.807, 2.05) is 0 Å². The van der Waals surface area contributed by atoms with Gasteiger partial charge in [-0.3, -0.25) is 14.7 Å². The van der Waals surface area contributed by atoms with Gasteiger partial charge in [0.2, 0.25) is 5.78 Å². The summed E-state index contributed by atoms with van der Waals surface area (Å²) in [5.74, 6) is -0.505. The van der Waals surface area contributed by atoms with Gasteiger partial charge in [-0.25, -0.2) is 0 Å². The zero-order chi connectivity index (χ0) is 8.27. The molecule has 0 aromatic carbocycles. The number of rotatable bonds is 3. The van der Waals surface area contributed by atoms with Crippen molar-refractivity contribution in [1.82, 2.24) is 10.2 Å². The third-order valence-corrected chi connectivity index (χ3v) is 1.15. The van der Waals surface area contributed by atoms with Gasteiger partial charge in [-0.05, 0) is 6.07 Å². The molecule has 0 aliphatic heterocycles. The van der Waals surface area contributed by atoms with Gasteiger partial charge in [0.1, 0.15) is 12.3 Å². The van der Waals surface area contributed by atoms with Gasteiger partial charge in [0.05, 0.1) is 5.69 Å². The van der Waals surface area contributed by atoms with Crippen molar-refractivity contribution in [2.45, 2.75) is 0 Å². The Labute approximate surface area is 62.0 Å². The van der Waals surface area contributed by atoms with E-state index < -0.39 is 12.4 Å². The molecule has 1 aromatic rings. The van der Waals surface area contributed by atoms with Crippen molar-refractivity contribution in [3.63, 3.8) is 0 Å². The van der Waals surface area contributed by atoms with Crippen molar-refractivity contribution < 1.29 is 14.7 Å². The normalized spacial score (nSPS) is 9.55. The monoisotopic (exact) mass is 154 g/mol. The summed E-state index contributed by atoms with van der Waals surface area (Å²) in [5, 5.41) is 14.2. The summed E-state index contributed by atoms with van der Waals surface area (Å²) in [7, 11) is 0. The lowest BCUT2D eigenvalue weighted by molar-refractivity contribution is 0.0898. The topological polar surface area (TPSA) is 83.1 Å². The molecule has 0 radical (unpaired) electrons. The largest absolute Gasteiger partial charge is 0.388 e. The molecule has 0 fully saturated rings. The maximum atomic E-state index is 10.7. The van der Waals surface area contributed by atoms with Gasteiger partial charge in [0.25, 0.3) is 0 Å². The first-order valence-corrected chi connectivity index (χ1v) is 2.92. The zero-order valence-corrected chi connectivity index (χ0v) is 5.57. The highest BCUT2D eigenvalue weighted by molar-refractivity contribution is 5.96. The van der Waals surface area contributed by atoms with Gasteiger partial charge in [-0.15, -0.1) is 0 Å². The summed E-state index contributed by atoms with van der Waals surface area (Å²) >= 11 is 0. The van der Waals surface area contributed by atoms with Crippen molar-refractivity contribution in [2.24, 2.45) is 0 Å². The molecule has 11 heavy (non-hydrogen) atoms. The van der Waals surface area contributed by atoms with Crippen molar-refractivity contribution >= 4 is 12.1 Å². The van der Waals surface area contributed by atoms with E-state index in [0.29, 0.717) is 6.29 Å². The average Bonchev–Trinajstić information content (AvgIpc) is 2.50. The second-order valence-corrected chi connectivity index (χ2v) is 1.91. The number of nitrogens with one attached hydrogen (secondary N) is 1. The molecule has 5 heteroatoms. The van der Waals surface area contributed by atoms with Crippen molar-refractivity contribution in [3.05, 3.63) is 17.5 Å². The molecule has 0 saturated heterocycles. The first-order chi connectivity index (χ1) is 5.27. The van der Waals surface area contributed by atoms with Crippen molar-refractivity contribution in [3.8, 4) is 0 Å². The Bertz CT molecular complexity index is 279. The fourth-order valence-corrected chi connectivity index (χ4v) is 0.621. The summed E-state index contributed by atoms with van der Waals surface area (Å²) < 4.78 is 0. The van der Waals surface area contributed by atoms with Gasteiger partial charge in [0, 0.05) is 0 Å².